The number of amides is 2. The van der Waals surface area contributed by atoms with E-state index in [1.807, 2.05) is 0 Å². The van der Waals surface area contributed by atoms with Crippen molar-refractivity contribution in [2.45, 2.75) is 24.9 Å². The molecule has 2 atom stereocenters. The van der Waals surface area contributed by atoms with E-state index in [1.54, 1.807) is 24.3 Å². The summed E-state index contributed by atoms with van der Waals surface area (Å²) in [6.45, 7) is 0. The monoisotopic (exact) mass is 343 g/mol. The second kappa shape index (κ2) is 8.16. The number of phenolic OH excluding ortho intramolecular Hbond substituents is 2. The molecule has 7 nitrogen and oxygen atoms in total. The molecule has 0 bridgehead atoms. The largest absolute Gasteiger partial charge is 0.508 e. The first-order valence-electron chi connectivity index (χ1n) is 7.76. The van der Waals surface area contributed by atoms with Gasteiger partial charge in [0, 0.05) is 6.42 Å². The maximum absolute atomic E-state index is 12.2. The van der Waals surface area contributed by atoms with Crippen molar-refractivity contribution < 1.29 is 19.8 Å². The smallest absolute Gasteiger partial charge is 0.240 e. The fourth-order valence-electron chi connectivity index (χ4n) is 2.35. The van der Waals surface area contributed by atoms with Crippen molar-refractivity contribution in [3.63, 3.8) is 0 Å². The minimum absolute atomic E-state index is 0.110. The lowest BCUT2D eigenvalue weighted by Crippen LogP contribution is -2.51. The van der Waals surface area contributed by atoms with E-state index in [0.29, 0.717) is 0 Å². The lowest BCUT2D eigenvalue weighted by molar-refractivity contribution is -0.128. The topological polar surface area (TPSA) is 139 Å². The third-order valence-electron chi connectivity index (χ3n) is 3.76. The van der Waals surface area contributed by atoms with Gasteiger partial charge in [-0.3, -0.25) is 9.59 Å². The van der Waals surface area contributed by atoms with Gasteiger partial charge >= 0.3 is 0 Å². The summed E-state index contributed by atoms with van der Waals surface area (Å²) in [6, 6.07) is 10.9. The number of nitrogens with two attached hydrogens (primary N) is 2. The van der Waals surface area contributed by atoms with Gasteiger partial charge in [0.1, 0.15) is 17.5 Å². The summed E-state index contributed by atoms with van der Waals surface area (Å²) < 4.78 is 0. The molecule has 132 valence electrons. The molecule has 0 saturated carbocycles. The Morgan fingerprint density at radius 3 is 1.76 bits per heavy atom. The molecular weight excluding hydrogens is 322 g/mol. The molecule has 0 spiro atoms. The Bertz CT molecular complexity index is 729. The number of phenols is 2. The SMILES string of the molecule is NC(=O)C(Cc1ccc(O)cc1)NC(=O)C(N)Cc1ccc(O)cc1. The van der Waals surface area contributed by atoms with Crippen molar-refractivity contribution in [2.75, 3.05) is 0 Å². The number of benzene rings is 2. The zero-order valence-corrected chi connectivity index (χ0v) is 13.6. The van der Waals surface area contributed by atoms with Crippen LogP contribution in [0.15, 0.2) is 48.5 Å². The molecule has 2 amide bonds. The molecule has 0 heterocycles. The Morgan fingerprint density at radius 1 is 0.880 bits per heavy atom. The number of aromatic hydroxyl groups is 2. The van der Waals surface area contributed by atoms with E-state index >= 15 is 0 Å². The molecular formula is C18H21N3O4. The Balaban J connectivity index is 1.97. The Hall–Kier alpha value is -3.06. The average Bonchev–Trinajstić information content (AvgIpc) is 2.58. The van der Waals surface area contributed by atoms with Gasteiger partial charge < -0.3 is 27.0 Å². The lowest BCUT2D eigenvalue weighted by atomic mass is 10.0. The molecule has 7 heteroatoms. The van der Waals surface area contributed by atoms with Crippen LogP contribution in [0, 0.1) is 0 Å². The highest BCUT2D eigenvalue weighted by Gasteiger charge is 2.22. The van der Waals surface area contributed by atoms with Crippen molar-refractivity contribution in [1.82, 2.24) is 5.32 Å². The second-order valence-corrected chi connectivity index (χ2v) is 5.81. The predicted molar refractivity (Wildman–Crippen MR) is 92.7 cm³/mol. The fourth-order valence-corrected chi connectivity index (χ4v) is 2.35. The van der Waals surface area contributed by atoms with Crippen LogP contribution in [-0.4, -0.2) is 34.1 Å². The summed E-state index contributed by atoms with van der Waals surface area (Å²) in [6.07, 6.45) is 0.462. The van der Waals surface area contributed by atoms with Crippen LogP contribution >= 0.6 is 0 Å². The van der Waals surface area contributed by atoms with Gasteiger partial charge in [0.05, 0.1) is 6.04 Å². The van der Waals surface area contributed by atoms with Gasteiger partial charge in [-0.25, -0.2) is 0 Å². The van der Waals surface area contributed by atoms with Gasteiger partial charge in [-0.15, -0.1) is 0 Å². The Labute approximate surface area is 145 Å². The van der Waals surface area contributed by atoms with Gasteiger partial charge in [-0.05, 0) is 41.8 Å². The maximum Gasteiger partial charge on any atom is 0.240 e. The van der Waals surface area contributed by atoms with E-state index in [2.05, 4.69) is 5.32 Å². The minimum Gasteiger partial charge on any atom is -0.508 e. The molecule has 2 aromatic rings. The van der Waals surface area contributed by atoms with E-state index in [4.69, 9.17) is 11.5 Å². The molecule has 2 aromatic carbocycles. The molecule has 0 fully saturated rings. The van der Waals surface area contributed by atoms with Crippen molar-refractivity contribution in [3.8, 4) is 11.5 Å². The van der Waals surface area contributed by atoms with Crippen molar-refractivity contribution in [2.24, 2.45) is 11.5 Å². The van der Waals surface area contributed by atoms with Crippen LogP contribution in [0.25, 0.3) is 0 Å². The summed E-state index contributed by atoms with van der Waals surface area (Å²) in [7, 11) is 0. The standard InChI is InChI=1S/C18H21N3O4/c19-15(9-11-1-5-13(22)6-2-11)18(25)21-16(17(20)24)10-12-3-7-14(23)8-4-12/h1-8,15-16,22-23H,9-10,19H2,(H2,20,24)(H,21,25). The number of rotatable bonds is 7. The van der Waals surface area contributed by atoms with E-state index in [-0.39, 0.29) is 24.3 Å². The highest BCUT2D eigenvalue weighted by molar-refractivity contribution is 5.89. The molecule has 2 rings (SSSR count). The van der Waals surface area contributed by atoms with Crippen LogP contribution in [0.3, 0.4) is 0 Å². The van der Waals surface area contributed by atoms with Crippen LogP contribution in [0.5, 0.6) is 11.5 Å². The first-order chi connectivity index (χ1) is 11.8. The quantitative estimate of drug-likeness (QED) is 0.488. The lowest BCUT2D eigenvalue weighted by Gasteiger charge is -2.19. The van der Waals surface area contributed by atoms with E-state index in [0.717, 1.165) is 11.1 Å². The van der Waals surface area contributed by atoms with E-state index < -0.39 is 23.9 Å². The Morgan fingerprint density at radius 2 is 1.32 bits per heavy atom. The number of hydrogen-bond donors (Lipinski definition) is 5. The van der Waals surface area contributed by atoms with Gasteiger partial charge in [-0.2, -0.15) is 0 Å². The van der Waals surface area contributed by atoms with Gasteiger partial charge in [-0.1, -0.05) is 24.3 Å². The highest BCUT2D eigenvalue weighted by atomic mass is 16.3. The average molecular weight is 343 g/mol. The molecule has 0 radical (unpaired) electrons. The summed E-state index contributed by atoms with van der Waals surface area (Å²) in [4.78, 5) is 23.9. The number of nitrogens with one attached hydrogen (secondary N) is 1. The molecule has 0 saturated heterocycles. The minimum atomic E-state index is -0.900. The third kappa shape index (κ3) is 5.50. The first kappa shape index (κ1) is 18.3. The molecule has 0 aliphatic carbocycles. The number of hydrogen-bond acceptors (Lipinski definition) is 5. The van der Waals surface area contributed by atoms with E-state index in [9.17, 15) is 19.8 Å². The second-order valence-electron chi connectivity index (χ2n) is 5.81. The van der Waals surface area contributed by atoms with Crippen LogP contribution < -0.4 is 16.8 Å². The zero-order chi connectivity index (χ0) is 18.4. The van der Waals surface area contributed by atoms with Crippen molar-refractivity contribution >= 4 is 11.8 Å². The first-order valence-corrected chi connectivity index (χ1v) is 7.76. The predicted octanol–water partition coefficient (Wildman–Crippen LogP) is 0.180. The van der Waals surface area contributed by atoms with Crippen LogP contribution in [0.4, 0.5) is 0 Å². The number of carbonyl (C=O) groups excluding carboxylic acids is 2. The van der Waals surface area contributed by atoms with Crippen LogP contribution in [0.2, 0.25) is 0 Å². The molecule has 0 aliphatic heterocycles. The van der Waals surface area contributed by atoms with Gasteiger partial charge in [0.15, 0.2) is 0 Å². The number of carbonyl (C=O) groups is 2. The van der Waals surface area contributed by atoms with Crippen LogP contribution in [-0.2, 0) is 22.4 Å². The van der Waals surface area contributed by atoms with E-state index in [1.165, 1.54) is 24.3 Å². The Kier molecular flexibility index (Phi) is 5.97. The normalized spacial score (nSPS) is 13.0. The maximum atomic E-state index is 12.2. The summed E-state index contributed by atoms with van der Waals surface area (Å²) in [5, 5.41) is 21.1. The van der Waals surface area contributed by atoms with Gasteiger partial charge in [0.25, 0.3) is 0 Å². The molecule has 25 heavy (non-hydrogen) atoms. The van der Waals surface area contributed by atoms with Crippen molar-refractivity contribution in [3.05, 3.63) is 59.7 Å². The zero-order valence-electron chi connectivity index (χ0n) is 13.6. The fraction of sp³-hybridized carbons (Fsp3) is 0.222. The summed E-state index contributed by atoms with van der Waals surface area (Å²) in [5.74, 6) is -0.919. The van der Waals surface area contributed by atoms with Crippen molar-refractivity contribution in [1.29, 1.82) is 0 Å². The molecule has 7 N–H and O–H groups in total. The van der Waals surface area contributed by atoms with Gasteiger partial charge in [0.2, 0.25) is 11.8 Å². The molecule has 2 unspecified atom stereocenters. The summed E-state index contributed by atoms with van der Waals surface area (Å²) >= 11 is 0. The van der Waals surface area contributed by atoms with Crippen LogP contribution in [0.1, 0.15) is 11.1 Å². The molecule has 0 aromatic heterocycles. The highest BCUT2D eigenvalue weighted by Crippen LogP contribution is 2.12. The number of primary amides is 1. The molecule has 0 aliphatic rings. The summed E-state index contributed by atoms with van der Waals surface area (Å²) in [5.41, 5.74) is 12.8. The third-order valence-corrected chi connectivity index (χ3v) is 3.76.